The molecule has 0 amide bonds. The van der Waals surface area contributed by atoms with Crippen LogP contribution in [0.5, 0.6) is 0 Å². The lowest BCUT2D eigenvalue weighted by Crippen LogP contribution is -2.52. The second-order valence-corrected chi connectivity index (χ2v) is 5.87. The lowest BCUT2D eigenvalue weighted by molar-refractivity contribution is -0.235. The zero-order chi connectivity index (χ0) is 18.4. The van der Waals surface area contributed by atoms with Crippen molar-refractivity contribution in [2.45, 2.75) is 57.3 Å². The minimum Gasteiger partial charge on any atom is -0.507 e. The molecule has 1 unspecified atom stereocenters. The molecule has 1 saturated heterocycles. The van der Waals surface area contributed by atoms with Crippen LogP contribution in [0, 0.1) is 0 Å². The Hall–Kier alpha value is -1.51. The molecule has 0 aromatic heterocycles. The molecule has 0 bridgehead atoms. The predicted molar refractivity (Wildman–Crippen MR) is 89.2 cm³/mol. The molecule has 5 N–H and O–H groups in total. The van der Waals surface area contributed by atoms with Gasteiger partial charge in [-0.3, -0.25) is 4.79 Å². The maximum absolute atomic E-state index is 11.6. The van der Waals surface area contributed by atoms with Crippen molar-refractivity contribution in [1.82, 2.24) is 0 Å². The van der Waals surface area contributed by atoms with E-state index in [9.17, 15) is 20.1 Å². The number of ketones is 1. The maximum Gasteiger partial charge on any atom is 0.184 e. The van der Waals surface area contributed by atoms with Crippen LogP contribution in [0.4, 0.5) is 0 Å². The highest BCUT2D eigenvalue weighted by Crippen LogP contribution is 2.26. The number of aliphatic hydroxyl groups excluding tert-OH is 3. The maximum atomic E-state index is 11.6. The van der Waals surface area contributed by atoms with E-state index in [1.165, 1.54) is 6.92 Å². The van der Waals surface area contributed by atoms with Gasteiger partial charge < -0.3 is 30.5 Å². The van der Waals surface area contributed by atoms with Crippen LogP contribution in [0.15, 0.2) is 36.1 Å². The van der Waals surface area contributed by atoms with Crippen molar-refractivity contribution in [1.29, 1.82) is 0 Å². The Morgan fingerprint density at radius 2 is 2.17 bits per heavy atom. The SMILES string of the molecule is C=CC(=O)/C(C)=C(\O)C(=C)[C@H](CCO)OC1C[C@H](N)[C@H](O)[C@H](C)O1. The summed E-state index contributed by atoms with van der Waals surface area (Å²) in [7, 11) is 0. The first-order valence-electron chi connectivity index (χ1n) is 7.84. The Bertz CT molecular complexity index is 503. The third-order valence-electron chi connectivity index (χ3n) is 4.06. The average molecular weight is 341 g/mol. The van der Waals surface area contributed by atoms with Crippen molar-refractivity contribution >= 4 is 5.78 Å². The highest BCUT2D eigenvalue weighted by Gasteiger charge is 2.35. The largest absolute Gasteiger partial charge is 0.507 e. The van der Waals surface area contributed by atoms with E-state index < -0.39 is 36.4 Å². The molecular weight excluding hydrogens is 314 g/mol. The third kappa shape index (κ3) is 4.99. The van der Waals surface area contributed by atoms with Crippen LogP contribution in [0.1, 0.15) is 26.7 Å². The molecule has 1 aliphatic rings. The van der Waals surface area contributed by atoms with Crippen molar-refractivity contribution in [3.05, 3.63) is 36.1 Å². The zero-order valence-corrected chi connectivity index (χ0v) is 14.1. The average Bonchev–Trinajstić information content (AvgIpc) is 2.56. The minimum atomic E-state index is -0.787. The second kappa shape index (κ2) is 9.10. The number of carbonyl (C=O) groups excluding carboxylic acids is 1. The summed E-state index contributed by atoms with van der Waals surface area (Å²) in [5, 5.41) is 29.2. The fraction of sp³-hybridized carbons (Fsp3) is 0.588. The molecule has 7 heteroatoms. The van der Waals surface area contributed by atoms with E-state index in [4.69, 9.17) is 15.2 Å². The standard InChI is InChI=1S/C17H27NO6/c1-5-13(20)9(2)16(21)10(3)14(6-7-19)24-15-8-12(18)17(22)11(4)23-15/h5,11-12,14-15,17,19,21-22H,1,3,6-8,18H2,2,4H3/b16-9-/t11-,12-,14-,15?,17+/m0/s1. The monoisotopic (exact) mass is 341 g/mol. The molecule has 7 nitrogen and oxygen atoms in total. The summed E-state index contributed by atoms with van der Waals surface area (Å²) in [6.07, 6.45) is -1.26. The van der Waals surface area contributed by atoms with Crippen LogP contribution in [-0.2, 0) is 14.3 Å². The number of nitrogens with two attached hydrogens (primary N) is 1. The number of aliphatic hydroxyl groups is 3. The van der Waals surface area contributed by atoms with Gasteiger partial charge in [0.2, 0.25) is 0 Å². The molecule has 0 aromatic rings. The van der Waals surface area contributed by atoms with Crippen molar-refractivity contribution in [3.63, 3.8) is 0 Å². The van der Waals surface area contributed by atoms with E-state index in [1.54, 1.807) is 6.92 Å². The second-order valence-electron chi connectivity index (χ2n) is 5.87. The van der Waals surface area contributed by atoms with E-state index >= 15 is 0 Å². The number of ether oxygens (including phenoxy) is 2. The number of hydrogen-bond acceptors (Lipinski definition) is 7. The fourth-order valence-corrected chi connectivity index (χ4v) is 2.46. The van der Waals surface area contributed by atoms with Gasteiger partial charge in [-0.05, 0) is 19.9 Å². The topological polar surface area (TPSA) is 122 Å². The first-order valence-corrected chi connectivity index (χ1v) is 7.84. The Labute approximate surface area is 142 Å². The van der Waals surface area contributed by atoms with Crippen molar-refractivity contribution in [2.24, 2.45) is 5.73 Å². The van der Waals surface area contributed by atoms with Gasteiger partial charge in [-0.25, -0.2) is 0 Å². The van der Waals surface area contributed by atoms with Crippen LogP contribution in [0.3, 0.4) is 0 Å². The lowest BCUT2D eigenvalue weighted by atomic mass is 9.99. The van der Waals surface area contributed by atoms with E-state index in [-0.39, 0.29) is 36.4 Å². The Morgan fingerprint density at radius 3 is 2.67 bits per heavy atom. The molecule has 24 heavy (non-hydrogen) atoms. The minimum absolute atomic E-state index is 0.0894. The van der Waals surface area contributed by atoms with Crippen molar-refractivity contribution < 1.29 is 29.6 Å². The summed E-state index contributed by atoms with van der Waals surface area (Å²) in [5.41, 5.74) is 6.10. The third-order valence-corrected chi connectivity index (χ3v) is 4.06. The molecule has 0 aromatic carbocycles. The Kier molecular flexibility index (Phi) is 7.78. The van der Waals surface area contributed by atoms with Crippen molar-refractivity contribution in [3.8, 4) is 0 Å². The van der Waals surface area contributed by atoms with Gasteiger partial charge in [0.05, 0.1) is 18.3 Å². The number of carbonyl (C=O) groups is 1. The zero-order valence-electron chi connectivity index (χ0n) is 14.1. The van der Waals surface area contributed by atoms with Gasteiger partial charge in [-0.1, -0.05) is 13.2 Å². The molecule has 0 saturated carbocycles. The van der Waals surface area contributed by atoms with Gasteiger partial charge in [0.25, 0.3) is 0 Å². The first-order chi connectivity index (χ1) is 11.2. The van der Waals surface area contributed by atoms with Crippen LogP contribution >= 0.6 is 0 Å². The lowest BCUT2D eigenvalue weighted by Gasteiger charge is -2.37. The van der Waals surface area contributed by atoms with E-state index in [0.717, 1.165) is 6.08 Å². The van der Waals surface area contributed by atoms with E-state index in [2.05, 4.69) is 13.2 Å². The molecule has 136 valence electrons. The summed E-state index contributed by atoms with van der Waals surface area (Å²) >= 11 is 0. The van der Waals surface area contributed by atoms with Gasteiger partial charge in [-0.15, -0.1) is 0 Å². The van der Waals surface area contributed by atoms with Crippen molar-refractivity contribution in [2.75, 3.05) is 6.61 Å². The van der Waals surface area contributed by atoms with Gasteiger partial charge in [0.1, 0.15) is 5.76 Å². The number of allylic oxidation sites excluding steroid dienone is 2. The fourth-order valence-electron chi connectivity index (χ4n) is 2.46. The normalized spacial score (nSPS) is 29.5. The Morgan fingerprint density at radius 1 is 1.54 bits per heavy atom. The molecule has 0 spiro atoms. The molecule has 1 aliphatic heterocycles. The predicted octanol–water partition coefficient (Wildman–Crippen LogP) is 0.720. The summed E-state index contributed by atoms with van der Waals surface area (Å²) in [5.74, 6) is -0.726. The summed E-state index contributed by atoms with van der Waals surface area (Å²) < 4.78 is 11.3. The highest BCUT2D eigenvalue weighted by molar-refractivity contribution is 6.03. The van der Waals surface area contributed by atoms with Gasteiger partial charge in [0, 0.05) is 36.6 Å². The van der Waals surface area contributed by atoms with E-state index in [1.807, 2.05) is 0 Å². The first kappa shape index (κ1) is 20.5. The molecule has 1 heterocycles. The molecule has 5 atom stereocenters. The van der Waals surface area contributed by atoms with Gasteiger partial charge in [-0.2, -0.15) is 0 Å². The smallest absolute Gasteiger partial charge is 0.184 e. The van der Waals surface area contributed by atoms with Crippen LogP contribution in [-0.4, -0.2) is 58.4 Å². The summed E-state index contributed by atoms with van der Waals surface area (Å²) in [6, 6.07) is -0.505. The van der Waals surface area contributed by atoms with Crippen LogP contribution < -0.4 is 5.73 Å². The quantitative estimate of drug-likeness (QED) is 0.291. The molecule has 1 fully saturated rings. The van der Waals surface area contributed by atoms with Crippen LogP contribution in [0.2, 0.25) is 0 Å². The van der Waals surface area contributed by atoms with Crippen LogP contribution in [0.25, 0.3) is 0 Å². The van der Waals surface area contributed by atoms with E-state index in [0.29, 0.717) is 0 Å². The van der Waals surface area contributed by atoms with Gasteiger partial charge in [0.15, 0.2) is 12.1 Å². The number of rotatable bonds is 8. The summed E-state index contributed by atoms with van der Waals surface area (Å²) in [4.78, 5) is 11.6. The summed E-state index contributed by atoms with van der Waals surface area (Å²) in [6.45, 7) is 10.1. The molecule has 1 rings (SSSR count). The number of hydrogen-bond donors (Lipinski definition) is 4. The van der Waals surface area contributed by atoms with Gasteiger partial charge >= 0.3 is 0 Å². The Balaban J connectivity index is 2.89. The molecule has 0 radical (unpaired) electrons. The molecular formula is C17H27NO6. The highest BCUT2D eigenvalue weighted by atomic mass is 16.7. The molecule has 0 aliphatic carbocycles.